The maximum atomic E-state index is 10.0. The summed E-state index contributed by atoms with van der Waals surface area (Å²) >= 11 is 0. The Bertz CT molecular complexity index is 555. The molecule has 2 unspecified atom stereocenters. The monoisotopic (exact) mass is 261 g/mol. The predicted octanol–water partition coefficient (Wildman–Crippen LogP) is 1.11. The number of aliphatic hydroxyl groups is 1. The molecule has 0 aromatic carbocycles. The van der Waals surface area contributed by atoms with E-state index in [4.69, 9.17) is 0 Å². The first kappa shape index (κ1) is 12.3. The van der Waals surface area contributed by atoms with Gasteiger partial charge in [-0.2, -0.15) is 4.52 Å². The van der Waals surface area contributed by atoms with Crippen LogP contribution in [0.25, 0.3) is 5.65 Å². The second-order valence-corrected chi connectivity index (χ2v) is 5.32. The lowest BCUT2D eigenvalue weighted by atomic mass is 9.86. The first-order valence-electron chi connectivity index (χ1n) is 6.80. The average molecular weight is 261 g/mol. The summed E-state index contributed by atoms with van der Waals surface area (Å²) in [6.07, 6.45) is 5.81. The summed E-state index contributed by atoms with van der Waals surface area (Å²) in [7, 11) is 2.01. The number of nitrogens with zero attached hydrogens (tertiary/aromatic N) is 5. The number of rotatable bonds is 3. The quantitative estimate of drug-likeness (QED) is 0.896. The minimum Gasteiger partial charge on any atom is -0.393 e. The van der Waals surface area contributed by atoms with Crippen LogP contribution in [0.2, 0.25) is 0 Å². The third-order valence-electron chi connectivity index (χ3n) is 3.92. The molecule has 1 aliphatic rings. The molecule has 0 saturated heterocycles. The van der Waals surface area contributed by atoms with Crippen LogP contribution >= 0.6 is 0 Å². The van der Waals surface area contributed by atoms with Crippen molar-refractivity contribution >= 4 is 11.5 Å². The summed E-state index contributed by atoms with van der Waals surface area (Å²) in [6.45, 7) is 0.835. The van der Waals surface area contributed by atoms with E-state index >= 15 is 0 Å². The van der Waals surface area contributed by atoms with Crippen molar-refractivity contribution in [3.63, 3.8) is 0 Å². The van der Waals surface area contributed by atoms with Gasteiger partial charge in [0, 0.05) is 19.5 Å². The van der Waals surface area contributed by atoms with Gasteiger partial charge in [-0.1, -0.05) is 12.8 Å². The highest BCUT2D eigenvalue weighted by Crippen LogP contribution is 2.25. The molecule has 0 bridgehead atoms. The minimum atomic E-state index is -0.171. The third-order valence-corrected chi connectivity index (χ3v) is 3.92. The van der Waals surface area contributed by atoms with Gasteiger partial charge in [-0.3, -0.25) is 0 Å². The van der Waals surface area contributed by atoms with Gasteiger partial charge in [0.15, 0.2) is 5.65 Å². The molecule has 3 rings (SSSR count). The van der Waals surface area contributed by atoms with E-state index in [0.29, 0.717) is 5.92 Å². The van der Waals surface area contributed by atoms with Crippen molar-refractivity contribution in [1.29, 1.82) is 0 Å². The fourth-order valence-electron chi connectivity index (χ4n) is 2.77. The molecule has 0 radical (unpaired) electrons. The smallest absolute Gasteiger partial charge is 0.177 e. The second kappa shape index (κ2) is 5.13. The molecule has 2 aromatic heterocycles. The van der Waals surface area contributed by atoms with Crippen molar-refractivity contribution in [2.75, 3.05) is 18.5 Å². The van der Waals surface area contributed by atoms with Crippen molar-refractivity contribution in [1.82, 2.24) is 19.8 Å². The Kier molecular flexibility index (Phi) is 3.33. The topological polar surface area (TPSA) is 66.5 Å². The highest BCUT2D eigenvalue weighted by molar-refractivity contribution is 5.44. The van der Waals surface area contributed by atoms with E-state index in [2.05, 4.69) is 20.2 Å². The number of aromatic nitrogens is 4. The van der Waals surface area contributed by atoms with Crippen molar-refractivity contribution in [2.45, 2.75) is 31.8 Å². The summed E-state index contributed by atoms with van der Waals surface area (Å²) in [5.74, 6) is 1.22. The van der Waals surface area contributed by atoms with Crippen molar-refractivity contribution < 1.29 is 5.11 Å². The van der Waals surface area contributed by atoms with Crippen LogP contribution in [0.4, 0.5) is 5.82 Å². The third kappa shape index (κ3) is 2.53. The Balaban J connectivity index is 1.73. The first-order valence-corrected chi connectivity index (χ1v) is 6.80. The van der Waals surface area contributed by atoms with E-state index in [1.54, 1.807) is 10.8 Å². The van der Waals surface area contributed by atoms with Gasteiger partial charge < -0.3 is 10.0 Å². The molecule has 0 amide bonds. The molecule has 2 atom stereocenters. The first-order chi connectivity index (χ1) is 9.24. The van der Waals surface area contributed by atoms with Crippen LogP contribution in [0, 0.1) is 5.92 Å². The Morgan fingerprint density at radius 3 is 3.05 bits per heavy atom. The van der Waals surface area contributed by atoms with E-state index in [0.717, 1.165) is 37.3 Å². The van der Waals surface area contributed by atoms with Crippen LogP contribution in [0.3, 0.4) is 0 Å². The zero-order valence-corrected chi connectivity index (χ0v) is 11.1. The molecule has 1 saturated carbocycles. The van der Waals surface area contributed by atoms with Crippen LogP contribution in [-0.2, 0) is 0 Å². The number of aliphatic hydroxyl groups excluding tert-OH is 1. The van der Waals surface area contributed by atoms with Gasteiger partial charge in [0.25, 0.3) is 0 Å². The maximum Gasteiger partial charge on any atom is 0.177 e. The molecule has 2 heterocycles. The normalized spacial score (nSPS) is 23.7. The molecule has 1 N–H and O–H groups in total. The van der Waals surface area contributed by atoms with Gasteiger partial charge in [0.1, 0.15) is 12.1 Å². The van der Waals surface area contributed by atoms with E-state index in [1.807, 2.05) is 19.2 Å². The van der Waals surface area contributed by atoms with Crippen LogP contribution < -0.4 is 4.90 Å². The van der Waals surface area contributed by atoms with Crippen molar-refractivity contribution in [3.8, 4) is 0 Å². The van der Waals surface area contributed by atoms with Crippen LogP contribution in [0.15, 0.2) is 18.5 Å². The zero-order chi connectivity index (χ0) is 13.2. The van der Waals surface area contributed by atoms with Gasteiger partial charge in [0.05, 0.1) is 6.10 Å². The van der Waals surface area contributed by atoms with Gasteiger partial charge in [-0.05, 0) is 25.0 Å². The fourth-order valence-corrected chi connectivity index (χ4v) is 2.77. The van der Waals surface area contributed by atoms with Crippen LogP contribution in [-0.4, -0.2) is 44.6 Å². The molecule has 1 fully saturated rings. The Morgan fingerprint density at radius 2 is 2.21 bits per heavy atom. The van der Waals surface area contributed by atoms with Gasteiger partial charge in [-0.15, -0.1) is 15.3 Å². The molecule has 0 spiro atoms. The standard InChI is InChI=1S/C13H19N5O/c1-17(8-10-4-2-3-5-11(10)19)13-7-6-12-15-14-9-18(12)16-13/h6-7,9-11,19H,2-5,8H2,1H3. The summed E-state index contributed by atoms with van der Waals surface area (Å²) in [6, 6.07) is 3.85. The van der Waals surface area contributed by atoms with Gasteiger partial charge in [-0.25, -0.2) is 0 Å². The molecule has 6 heteroatoms. The molecular formula is C13H19N5O. The fraction of sp³-hybridized carbons (Fsp3) is 0.615. The van der Waals surface area contributed by atoms with Crippen molar-refractivity contribution in [2.24, 2.45) is 5.92 Å². The summed E-state index contributed by atoms with van der Waals surface area (Å²) < 4.78 is 1.67. The van der Waals surface area contributed by atoms with Crippen LogP contribution in [0.5, 0.6) is 0 Å². The molecule has 102 valence electrons. The lowest BCUT2D eigenvalue weighted by Gasteiger charge is -2.31. The summed E-state index contributed by atoms with van der Waals surface area (Å²) in [4.78, 5) is 2.10. The molecule has 1 aliphatic carbocycles. The SMILES string of the molecule is CN(CC1CCCCC1O)c1ccc2nncn2n1. The number of fused-ring (bicyclic) bond motifs is 1. The lowest BCUT2D eigenvalue weighted by molar-refractivity contribution is 0.0735. The average Bonchev–Trinajstić information content (AvgIpc) is 2.88. The summed E-state index contributed by atoms with van der Waals surface area (Å²) in [5.41, 5.74) is 0.745. The number of hydrogen-bond acceptors (Lipinski definition) is 5. The molecule has 19 heavy (non-hydrogen) atoms. The maximum absolute atomic E-state index is 10.0. The van der Waals surface area contributed by atoms with Gasteiger partial charge in [0.2, 0.25) is 0 Å². The number of anilines is 1. The Morgan fingerprint density at radius 1 is 1.37 bits per heavy atom. The summed E-state index contributed by atoms with van der Waals surface area (Å²) in [5, 5.41) is 22.3. The second-order valence-electron chi connectivity index (χ2n) is 5.32. The predicted molar refractivity (Wildman–Crippen MR) is 72.0 cm³/mol. The van der Waals surface area contributed by atoms with Crippen LogP contribution in [0.1, 0.15) is 25.7 Å². The van der Waals surface area contributed by atoms with Crippen molar-refractivity contribution in [3.05, 3.63) is 18.5 Å². The van der Waals surface area contributed by atoms with Gasteiger partial charge >= 0.3 is 0 Å². The largest absolute Gasteiger partial charge is 0.393 e. The van der Waals surface area contributed by atoms with E-state index < -0.39 is 0 Å². The number of hydrogen-bond donors (Lipinski definition) is 1. The van der Waals surface area contributed by atoms with E-state index in [-0.39, 0.29) is 6.10 Å². The zero-order valence-electron chi connectivity index (χ0n) is 11.1. The molecule has 2 aromatic rings. The highest BCUT2D eigenvalue weighted by Gasteiger charge is 2.24. The van der Waals surface area contributed by atoms with E-state index in [1.165, 1.54) is 6.42 Å². The van der Waals surface area contributed by atoms with E-state index in [9.17, 15) is 5.11 Å². The molecule has 6 nitrogen and oxygen atoms in total. The molecule has 0 aliphatic heterocycles. The minimum absolute atomic E-state index is 0.171. The highest BCUT2D eigenvalue weighted by atomic mass is 16.3. The Hall–Kier alpha value is -1.69. The lowest BCUT2D eigenvalue weighted by Crippen LogP contribution is -2.35. The Labute approximate surface area is 112 Å². The molecular weight excluding hydrogens is 242 g/mol.